The van der Waals surface area contributed by atoms with Crippen LogP contribution in [0.1, 0.15) is 73.3 Å². The average Bonchev–Trinajstić information content (AvgIpc) is 3.37. The van der Waals surface area contributed by atoms with Crippen LogP contribution in [0.4, 0.5) is 0 Å². The fourth-order valence-corrected chi connectivity index (χ4v) is 2.67. The molecule has 1 aromatic carbocycles. The first-order valence-electron chi connectivity index (χ1n) is 8.90. The summed E-state index contributed by atoms with van der Waals surface area (Å²) < 4.78 is 5.57. The van der Waals surface area contributed by atoms with Gasteiger partial charge in [0.05, 0.1) is 22.5 Å². The lowest BCUT2D eigenvalue weighted by atomic mass is 10.1. The molecule has 2 aromatic heterocycles. The average molecular weight is 410 g/mol. The summed E-state index contributed by atoms with van der Waals surface area (Å²) in [5.74, 6) is -2.05. The topological polar surface area (TPSA) is 155 Å². The molecule has 154 valence electrons. The monoisotopic (exact) mass is 410 g/mol. The highest BCUT2D eigenvalue weighted by molar-refractivity contribution is 5.93. The van der Waals surface area contributed by atoms with E-state index in [1.54, 1.807) is 0 Å². The Morgan fingerprint density at radius 2 is 1.50 bits per heavy atom. The first-order valence-corrected chi connectivity index (χ1v) is 8.90. The maximum atomic E-state index is 12.6. The van der Waals surface area contributed by atoms with E-state index in [0.29, 0.717) is 11.4 Å². The van der Waals surface area contributed by atoms with Crippen LogP contribution >= 0.6 is 0 Å². The van der Waals surface area contributed by atoms with E-state index in [1.807, 2.05) is 0 Å². The molecule has 30 heavy (non-hydrogen) atoms. The van der Waals surface area contributed by atoms with Crippen molar-refractivity contribution in [1.82, 2.24) is 19.9 Å². The number of carbonyl (C=O) groups is 4. The molecule has 0 saturated carbocycles. The van der Waals surface area contributed by atoms with E-state index in [4.69, 9.17) is 9.84 Å². The van der Waals surface area contributed by atoms with Gasteiger partial charge < -0.3 is 19.8 Å². The molecule has 3 aromatic rings. The van der Waals surface area contributed by atoms with Crippen LogP contribution in [0.25, 0.3) is 0 Å². The number of hydrogen-bond acceptors (Lipinski definition) is 7. The molecule has 3 N–H and O–H groups in total. The minimum atomic E-state index is -1.11. The highest BCUT2D eigenvalue weighted by atomic mass is 16.5. The number of nitrogens with one attached hydrogen (secondary N) is 2. The predicted octanol–water partition coefficient (Wildman–Crippen LogP) is 2.38. The number of aromatic nitrogens is 4. The van der Waals surface area contributed by atoms with Gasteiger partial charge in [-0.2, -0.15) is 0 Å². The molecule has 0 aliphatic heterocycles. The normalized spacial score (nSPS) is 11.7. The number of rotatable bonds is 8. The van der Waals surface area contributed by atoms with Crippen LogP contribution in [0.5, 0.6) is 0 Å². The van der Waals surface area contributed by atoms with Crippen LogP contribution < -0.4 is 0 Å². The maximum Gasteiger partial charge on any atom is 0.338 e. The molecule has 0 radical (unpaired) electrons. The van der Waals surface area contributed by atoms with Crippen LogP contribution in [0.3, 0.4) is 0 Å². The van der Waals surface area contributed by atoms with Gasteiger partial charge in [-0.3, -0.25) is 9.59 Å². The first kappa shape index (κ1) is 20.6. The van der Waals surface area contributed by atoms with Gasteiger partial charge in [-0.25, -0.2) is 19.6 Å². The molecule has 0 fully saturated rings. The number of esters is 1. The maximum absolute atomic E-state index is 12.6. The number of carboxylic acids is 1. The summed E-state index contributed by atoms with van der Waals surface area (Å²) in [5.41, 5.74) is 0.961. The van der Waals surface area contributed by atoms with Crippen molar-refractivity contribution >= 4 is 23.5 Å². The Hall–Kier alpha value is -4.08. The minimum absolute atomic E-state index is 0.0368. The fraction of sp³-hybridized carbons (Fsp3) is 0.200. The number of hydrogen-bond donors (Lipinski definition) is 3. The summed E-state index contributed by atoms with van der Waals surface area (Å²) in [6, 6.07) is 5.28. The third-order valence-corrected chi connectivity index (χ3v) is 4.24. The number of ketones is 2. The van der Waals surface area contributed by atoms with Gasteiger partial charge in [0.15, 0.2) is 29.3 Å². The van der Waals surface area contributed by atoms with E-state index < -0.39 is 18.0 Å². The van der Waals surface area contributed by atoms with Crippen molar-refractivity contribution in [2.75, 3.05) is 0 Å². The summed E-state index contributed by atoms with van der Waals surface area (Å²) in [6.45, 7) is 2.72. The van der Waals surface area contributed by atoms with Crippen LogP contribution in [0, 0.1) is 0 Å². The molecule has 10 nitrogen and oxygen atoms in total. The van der Waals surface area contributed by atoms with E-state index in [-0.39, 0.29) is 40.8 Å². The van der Waals surface area contributed by atoms with E-state index in [1.165, 1.54) is 50.5 Å². The smallest absolute Gasteiger partial charge is 0.338 e. The van der Waals surface area contributed by atoms with Crippen LogP contribution in [-0.4, -0.2) is 48.5 Å². The Bertz CT molecular complexity index is 1110. The number of aromatic carboxylic acids is 1. The summed E-state index contributed by atoms with van der Waals surface area (Å²) in [4.78, 5) is 60.4. The van der Waals surface area contributed by atoms with Crippen molar-refractivity contribution in [1.29, 1.82) is 0 Å². The lowest BCUT2D eigenvalue weighted by molar-refractivity contribution is 0.0286. The zero-order valence-corrected chi connectivity index (χ0v) is 16.1. The molecular weight excluding hydrogens is 392 g/mol. The Morgan fingerprint density at radius 3 is 2.03 bits per heavy atom. The molecule has 0 amide bonds. The minimum Gasteiger partial charge on any atom is -0.478 e. The summed E-state index contributed by atoms with van der Waals surface area (Å²) in [6.07, 6.45) is 2.19. The number of benzene rings is 1. The standard InChI is InChI=1S/C20H18N4O6/c1-10(25)17-21-8-14(23-17)7-16(15-9-22-18(24-15)11(2)26)30-20(29)13-5-3-12(4-6-13)19(27)28/h3-6,8-9,16H,7H2,1-2H3,(H,21,23)(H,22,24)(H,27,28). The molecule has 10 heteroatoms. The van der Waals surface area contributed by atoms with Gasteiger partial charge >= 0.3 is 11.9 Å². The molecule has 0 aliphatic carbocycles. The fourth-order valence-electron chi connectivity index (χ4n) is 2.67. The Kier molecular flexibility index (Phi) is 5.86. The number of carboxylic acid groups (broad SMARTS) is 1. The second-order valence-corrected chi connectivity index (χ2v) is 6.51. The Balaban J connectivity index is 1.85. The molecule has 2 heterocycles. The molecule has 0 saturated heterocycles. The predicted molar refractivity (Wildman–Crippen MR) is 102 cm³/mol. The molecule has 1 atom stereocenters. The molecule has 0 aliphatic rings. The Labute approximate surface area is 170 Å². The Morgan fingerprint density at radius 1 is 0.933 bits per heavy atom. The molecule has 3 rings (SSSR count). The van der Waals surface area contributed by atoms with E-state index in [0.717, 1.165) is 0 Å². The van der Waals surface area contributed by atoms with Gasteiger partial charge in [0.25, 0.3) is 0 Å². The number of Topliss-reactive ketones (excluding diaryl/α,β-unsaturated/α-hetero) is 2. The van der Waals surface area contributed by atoms with Crippen molar-refractivity contribution in [3.8, 4) is 0 Å². The van der Waals surface area contributed by atoms with E-state index in [9.17, 15) is 19.2 Å². The van der Waals surface area contributed by atoms with Gasteiger partial charge in [0.1, 0.15) is 0 Å². The van der Waals surface area contributed by atoms with Crippen LogP contribution in [0.2, 0.25) is 0 Å². The van der Waals surface area contributed by atoms with Crippen LogP contribution in [-0.2, 0) is 11.2 Å². The lowest BCUT2D eigenvalue weighted by Crippen LogP contribution is -2.15. The quantitative estimate of drug-likeness (QED) is 0.377. The van der Waals surface area contributed by atoms with Crippen molar-refractivity contribution in [2.24, 2.45) is 0 Å². The highest BCUT2D eigenvalue weighted by Crippen LogP contribution is 2.23. The molecule has 1 unspecified atom stereocenters. The van der Waals surface area contributed by atoms with Gasteiger partial charge in [-0.15, -0.1) is 0 Å². The summed E-state index contributed by atoms with van der Waals surface area (Å²) >= 11 is 0. The van der Waals surface area contributed by atoms with E-state index in [2.05, 4.69) is 19.9 Å². The van der Waals surface area contributed by atoms with Crippen molar-refractivity contribution in [3.63, 3.8) is 0 Å². The second-order valence-electron chi connectivity index (χ2n) is 6.51. The molecule has 0 spiro atoms. The number of nitrogens with zero attached hydrogens (tertiary/aromatic N) is 2. The number of ether oxygens (including phenoxy) is 1. The van der Waals surface area contributed by atoms with Crippen molar-refractivity contribution < 1.29 is 29.0 Å². The second kappa shape index (κ2) is 8.52. The zero-order chi connectivity index (χ0) is 21.8. The third kappa shape index (κ3) is 4.66. The van der Waals surface area contributed by atoms with Gasteiger partial charge in [-0.05, 0) is 24.3 Å². The number of H-pyrrole nitrogens is 2. The highest BCUT2D eigenvalue weighted by Gasteiger charge is 2.24. The summed E-state index contributed by atoms with van der Waals surface area (Å²) in [7, 11) is 0. The number of imidazole rings is 2. The van der Waals surface area contributed by atoms with Crippen molar-refractivity contribution in [2.45, 2.75) is 26.4 Å². The SMILES string of the molecule is CC(=O)c1nc(CC(OC(=O)c2ccc(C(=O)O)cc2)c2c[nH]c(C(C)=O)n2)c[nH]1. The third-order valence-electron chi connectivity index (χ3n) is 4.24. The van der Waals surface area contributed by atoms with E-state index >= 15 is 0 Å². The number of carbonyl (C=O) groups excluding carboxylic acids is 3. The lowest BCUT2D eigenvalue weighted by Gasteiger charge is -2.15. The largest absolute Gasteiger partial charge is 0.478 e. The van der Waals surface area contributed by atoms with Gasteiger partial charge in [0.2, 0.25) is 0 Å². The zero-order valence-electron chi connectivity index (χ0n) is 16.1. The van der Waals surface area contributed by atoms with Crippen molar-refractivity contribution in [3.05, 3.63) is 70.8 Å². The molecular formula is C20H18N4O6. The van der Waals surface area contributed by atoms with Crippen LogP contribution in [0.15, 0.2) is 36.7 Å². The number of aromatic amines is 2. The first-order chi connectivity index (χ1) is 14.2. The van der Waals surface area contributed by atoms with Gasteiger partial charge in [-0.1, -0.05) is 0 Å². The summed E-state index contributed by atoms with van der Waals surface area (Å²) in [5, 5.41) is 8.97. The molecule has 0 bridgehead atoms. The van der Waals surface area contributed by atoms with Gasteiger partial charge in [0, 0.05) is 32.7 Å².